The monoisotopic (exact) mass is 428 g/mol. The quantitative estimate of drug-likeness (QED) is 0.227. The maximum Gasteiger partial charge on any atom is 2.00 e. The Labute approximate surface area is 137 Å². The van der Waals surface area contributed by atoms with Gasteiger partial charge in [-0.15, -0.1) is 0 Å². The van der Waals surface area contributed by atoms with Crippen molar-refractivity contribution in [2.45, 2.75) is 0 Å². The predicted molar refractivity (Wildman–Crippen MR) is 55.0 cm³/mol. The third kappa shape index (κ3) is 16.2. The Bertz CT molecular complexity index is 423. The number of hydrogen-bond acceptors (Lipinski definition) is 7. The van der Waals surface area contributed by atoms with Gasteiger partial charge >= 0.3 is 54.3 Å². The van der Waals surface area contributed by atoms with Crippen LogP contribution in [0.2, 0.25) is 0 Å². The third-order valence-electron chi connectivity index (χ3n) is 0.625. The van der Waals surface area contributed by atoms with Gasteiger partial charge in [0.25, 0.3) is 0 Å². The van der Waals surface area contributed by atoms with E-state index in [2.05, 4.69) is 12.9 Å². The van der Waals surface area contributed by atoms with E-state index in [-0.39, 0.29) is 45.4 Å². The first kappa shape index (κ1) is 25.9. The van der Waals surface area contributed by atoms with Gasteiger partial charge in [-0.1, -0.05) is 0 Å². The average Bonchev–Trinajstić information content (AvgIpc) is 1.65. The molecule has 2 unspecified atom stereocenters. The smallest absolute Gasteiger partial charge is 1.00 e. The maximum absolute atomic E-state index is 10.7. The van der Waals surface area contributed by atoms with E-state index < -0.39 is 31.3 Å². The molecule has 110 valence electrons. The Morgan fingerprint density at radius 1 is 0.632 bits per heavy atom. The van der Waals surface area contributed by atoms with Crippen LogP contribution in [0.5, 0.6) is 0 Å². The van der Waals surface area contributed by atoms with Crippen molar-refractivity contribution >= 4 is 54.3 Å². The van der Waals surface area contributed by atoms with Gasteiger partial charge in [0.05, 0.1) is 0 Å². The molecule has 0 aliphatic heterocycles. The van der Waals surface area contributed by atoms with Crippen LogP contribution in [0.1, 0.15) is 2.85 Å². The van der Waals surface area contributed by atoms with E-state index in [0.717, 1.165) is 0 Å². The zero-order valence-electron chi connectivity index (χ0n) is 10.7. The summed E-state index contributed by atoms with van der Waals surface area (Å²) in [6.07, 6.45) is 0. The van der Waals surface area contributed by atoms with E-state index in [4.69, 9.17) is 29.4 Å². The molecule has 6 N–H and O–H groups in total. The van der Waals surface area contributed by atoms with Crippen molar-refractivity contribution in [2.75, 3.05) is 0 Å². The van der Waals surface area contributed by atoms with Gasteiger partial charge in [0.2, 0.25) is 0 Å². The molecule has 0 fully saturated rings. The van der Waals surface area contributed by atoms with Crippen LogP contribution in [0.4, 0.5) is 0 Å². The molecule has 19 heteroatoms. The van der Waals surface area contributed by atoms with Crippen LogP contribution in [0.3, 0.4) is 0 Å². The van der Waals surface area contributed by atoms with Crippen molar-refractivity contribution in [3.63, 3.8) is 0 Å². The molecular formula is H8MgO13P4Zn. The molecule has 0 bridgehead atoms. The molecule has 0 aromatic carbocycles. The van der Waals surface area contributed by atoms with Crippen LogP contribution in [0.25, 0.3) is 0 Å². The Hall–Kier alpha value is 1.95. The number of phosphoric acid groups is 4. The van der Waals surface area contributed by atoms with Gasteiger partial charge in [-0.25, -0.2) is 18.3 Å². The van der Waals surface area contributed by atoms with E-state index in [1.165, 1.54) is 0 Å². The molecule has 0 saturated carbocycles. The summed E-state index contributed by atoms with van der Waals surface area (Å²) in [7, 11) is -22.6. The van der Waals surface area contributed by atoms with Crippen molar-refractivity contribution in [3.05, 3.63) is 0 Å². The zero-order chi connectivity index (χ0) is 14.1. The predicted octanol–water partition coefficient (Wildman–Crippen LogP) is -0.736. The molecule has 0 aliphatic carbocycles. The summed E-state index contributed by atoms with van der Waals surface area (Å²) in [5.74, 6) is 0. The second-order valence-electron chi connectivity index (χ2n) is 2.16. The average molecular weight is 430 g/mol. The molecule has 0 aromatic rings. The zero-order valence-corrected chi connectivity index (χ0v) is 16.7. The topological polar surface area (TPSA) is 217 Å². The van der Waals surface area contributed by atoms with Crippen molar-refractivity contribution in [1.29, 1.82) is 0 Å². The van der Waals surface area contributed by atoms with Gasteiger partial charge in [-0.05, 0) is 0 Å². The summed E-state index contributed by atoms with van der Waals surface area (Å²) in [6.45, 7) is 0. The number of rotatable bonds is 6. The minimum Gasteiger partial charge on any atom is -1.00 e. The Kier molecular flexibility index (Phi) is 11.6. The number of hydrogen-bond donors (Lipinski definition) is 6. The Balaban J connectivity index is -0.000000213. The van der Waals surface area contributed by atoms with Crippen LogP contribution in [-0.2, 0) is 50.7 Å². The van der Waals surface area contributed by atoms with Crippen molar-refractivity contribution in [2.24, 2.45) is 0 Å². The van der Waals surface area contributed by atoms with Crippen LogP contribution in [0.15, 0.2) is 0 Å². The fraction of sp³-hybridized carbons (Fsp3) is 0. The molecule has 0 radical (unpaired) electrons. The minimum atomic E-state index is -5.77. The summed E-state index contributed by atoms with van der Waals surface area (Å²) in [5.41, 5.74) is 0. The van der Waals surface area contributed by atoms with Gasteiger partial charge in [-0.2, -0.15) is 12.9 Å². The molecule has 0 spiro atoms. The largest absolute Gasteiger partial charge is 2.00 e. The van der Waals surface area contributed by atoms with Crippen molar-refractivity contribution < 1.29 is 82.9 Å². The molecule has 0 rings (SSSR count). The van der Waals surface area contributed by atoms with Gasteiger partial charge in [0.1, 0.15) is 0 Å². The summed E-state index contributed by atoms with van der Waals surface area (Å²) in [4.78, 5) is 49.4. The van der Waals surface area contributed by atoms with Gasteiger partial charge in [0.15, 0.2) is 0 Å². The standard InChI is InChI=1S/Mg.H6O13P4.Zn.2H/c;1-14(2,3)11-16(7,8)13-17(9,10)12-15(4,5)6;;;/h;(H,7,8)(H,9,10)(H2,1,2,3)(H2,4,5,6);;;/q+2;;;2*-1. The van der Waals surface area contributed by atoms with Gasteiger partial charge < -0.3 is 32.2 Å². The molecule has 0 amide bonds. The van der Waals surface area contributed by atoms with E-state index in [9.17, 15) is 18.3 Å². The summed E-state index contributed by atoms with van der Waals surface area (Å²) >= 11 is 0. The second-order valence-corrected chi connectivity index (χ2v) is 7.96. The first-order chi connectivity index (χ1) is 7.12. The van der Waals surface area contributed by atoms with E-state index in [1.807, 2.05) is 0 Å². The first-order valence-electron chi connectivity index (χ1n) is 3.03. The molecule has 0 aliphatic rings. The fourth-order valence-corrected chi connectivity index (χ4v) is 4.40. The molecule has 2 atom stereocenters. The fourth-order valence-electron chi connectivity index (χ4n) is 0.429. The van der Waals surface area contributed by atoms with E-state index >= 15 is 0 Å². The molecule has 0 saturated heterocycles. The van der Waals surface area contributed by atoms with Gasteiger partial charge in [0, 0.05) is 19.5 Å². The summed E-state index contributed by atoms with van der Waals surface area (Å²) in [6, 6.07) is 0. The molecular weight excluding hydrogens is 422 g/mol. The second kappa shape index (κ2) is 8.55. The Morgan fingerprint density at radius 2 is 0.842 bits per heavy atom. The van der Waals surface area contributed by atoms with Crippen LogP contribution >= 0.6 is 31.3 Å². The molecule has 0 heterocycles. The summed E-state index contributed by atoms with van der Waals surface area (Å²) in [5, 5.41) is 0. The first-order valence-corrected chi connectivity index (χ1v) is 9.08. The molecule has 19 heavy (non-hydrogen) atoms. The van der Waals surface area contributed by atoms with E-state index in [0.29, 0.717) is 0 Å². The normalized spacial score (nSPS) is 18.4. The molecule has 0 aromatic heterocycles. The third-order valence-corrected chi connectivity index (χ3v) is 5.63. The SMILES string of the molecule is O=P(O)(O)OP(=O)(O)OP(=O)(O)OP(=O)(O)O.[H-].[H-].[Mg+2].[Zn]. The Morgan fingerprint density at radius 3 is 1.00 bits per heavy atom. The van der Waals surface area contributed by atoms with Crippen LogP contribution in [0, 0.1) is 0 Å². The molecule has 13 nitrogen and oxygen atoms in total. The maximum atomic E-state index is 10.7. The van der Waals surface area contributed by atoms with Crippen LogP contribution in [-0.4, -0.2) is 52.4 Å². The minimum absolute atomic E-state index is 0. The van der Waals surface area contributed by atoms with Crippen LogP contribution < -0.4 is 0 Å². The van der Waals surface area contributed by atoms with E-state index in [1.54, 1.807) is 0 Å². The van der Waals surface area contributed by atoms with Crippen molar-refractivity contribution in [1.82, 2.24) is 0 Å². The summed E-state index contributed by atoms with van der Waals surface area (Å²) < 4.78 is 50.9. The van der Waals surface area contributed by atoms with Crippen molar-refractivity contribution in [3.8, 4) is 0 Å². The van der Waals surface area contributed by atoms with Gasteiger partial charge in [-0.3, -0.25) is 0 Å².